The zero-order chi connectivity index (χ0) is 47.3. The first-order valence-corrected chi connectivity index (χ1v) is 22.9. The molecule has 66 heavy (non-hydrogen) atoms. The number of methoxy groups -OCH3 is 1. The number of nitrogens with zero attached hydrogens (tertiary/aromatic N) is 4. The standard InChI is InChI=1S/C46H41N7O11S2/c1-26-20-33(14-15-34(26)46(56)49-40-24-36-29(23-43(40)66(60,61)62)6-4-7-41(36)64-18-5-19-65(57,58)59)50-52-38-25-42(63-3)39(21-27(38)2)53-51-37-17-10-30-22-32(13-16-35(30)44(37)54)48-45(55)28-8-11-31(47)12-9-28/h4,6-17,20-25,54H,5,18-19,47H2,1-3H3,(H,48,55)(H,49,56)(H,57,58,59)(H,60,61,62). The Morgan fingerprint density at radius 1 is 0.682 bits per heavy atom. The molecule has 0 atom stereocenters. The smallest absolute Gasteiger partial charge is 0.296 e. The number of phenolic OH excluding ortho intramolecular Hbond substituents is 1. The van der Waals surface area contributed by atoms with E-state index >= 15 is 0 Å². The topological polar surface area (TPSA) is 281 Å². The van der Waals surface area contributed by atoms with Gasteiger partial charge in [0.15, 0.2) is 5.75 Å². The van der Waals surface area contributed by atoms with Gasteiger partial charge in [-0.15, -0.1) is 10.2 Å². The molecule has 20 heteroatoms. The van der Waals surface area contributed by atoms with Crippen LogP contribution in [0.15, 0.2) is 141 Å². The third-order valence-electron chi connectivity index (χ3n) is 10.2. The molecule has 2 amide bonds. The minimum atomic E-state index is -4.82. The fourth-order valence-corrected chi connectivity index (χ4v) is 7.97. The van der Waals surface area contributed by atoms with Crippen LogP contribution in [0.25, 0.3) is 21.5 Å². The molecule has 0 aliphatic rings. The Morgan fingerprint density at radius 3 is 2.12 bits per heavy atom. The minimum absolute atomic E-state index is 0.0219. The highest BCUT2D eigenvalue weighted by Crippen LogP contribution is 2.40. The number of benzene rings is 7. The van der Waals surface area contributed by atoms with Crippen molar-refractivity contribution in [2.75, 3.05) is 35.8 Å². The number of carbonyl (C=O) groups is 2. The highest BCUT2D eigenvalue weighted by Gasteiger charge is 2.22. The Morgan fingerprint density at radius 2 is 1.41 bits per heavy atom. The molecule has 0 saturated heterocycles. The molecule has 0 radical (unpaired) electrons. The highest BCUT2D eigenvalue weighted by atomic mass is 32.2. The number of amides is 2. The SMILES string of the molecule is COc1cc(N=Nc2ccc(C(=O)Nc3cc4c(OCCCS(=O)(=O)O)cccc4cc3S(=O)(=O)O)c(C)c2)c(C)cc1N=Nc1ccc2cc(NC(=O)c3ccc(N)cc3)ccc2c1O. The number of rotatable bonds is 15. The Labute approximate surface area is 378 Å². The number of anilines is 3. The third kappa shape index (κ3) is 10.9. The second kappa shape index (κ2) is 19.1. The molecule has 0 aromatic heterocycles. The van der Waals surface area contributed by atoms with Crippen molar-refractivity contribution in [2.24, 2.45) is 20.5 Å². The Kier molecular flexibility index (Phi) is 13.4. The third-order valence-corrected chi connectivity index (χ3v) is 11.9. The van der Waals surface area contributed by atoms with E-state index in [9.17, 15) is 36.1 Å². The van der Waals surface area contributed by atoms with Gasteiger partial charge in [0.25, 0.3) is 32.1 Å². The molecule has 0 unspecified atom stereocenters. The van der Waals surface area contributed by atoms with E-state index in [0.717, 1.165) is 0 Å². The van der Waals surface area contributed by atoms with Crippen LogP contribution >= 0.6 is 0 Å². The molecule has 0 aliphatic carbocycles. The number of azo groups is 2. The molecule has 7 rings (SSSR count). The van der Waals surface area contributed by atoms with Gasteiger partial charge in [-0.05, 0) is 133 Å². The van der Waals surface area contributed by atoms with Crippen LogP contribution in [0.4, 0.5) is 39.8 Å². The van der Waals surface area contributed by atoms with Gasteiger partial charge < -0.3 is 30.9 Å². The average molecular weight is 932 g/mol. The van der Waals surface area contributed by atoms with Crippen molar-refractivity contribution in [1.29, 1.82) is 0 Å². The number of nitrogens with two attached hydrogens (primary N) is 1. The summed E-state index contributed by atoms with van der Waals surface area (Å²) in [6, 6.07) is 30.1. The number of ether oxygens (including phenoxy) is 2. The molecule has 0 fully saturated rings. The minimum Gasteiger partial charge on any atom is -0.505 e. The number of nitrogen functional groups attached to an aromatic ring is 1. The lowest BCUT2D eigenvalue weighted by molar-refractivity contribution is 0.101. The van der Waals surface area contributed by atoms with Crippen molar-refractivity contribution >= 4 is 93.4 Å². The maximum absolute atomic E-state index is 13.6. The molecule has 7 aromatic carbocycles. The van der Waals surface area contributed by atoms with Gasteiger partial charge >= 0.3 is 0 Å². The number of aryl methyl sites for hydroxylation is 2. The summed E-state index contributed by atoms with van der Waals surface area (Å²) in [5.74, 6) is -1.08. The maximum Gasteiger partial charge on any atom is 0.296 e. The van der Waals surface area contributed by atoms with Gasteiger partial charge in [-0.1, -0.05) is 18.2 Å². The Bertz CT molecular complexity index is 3340. The summed E-state index contributed by atoms with van der Waals surface area (Å²) >= 11 is 0. The first kappa shape index (κ1) is 46.2. The predicted octanol–water partition coefficient (Wildman–Crippen LogP) is 10.1. The summed E-state index contributed by atoms with van der Waals surface area (Å²) < 4.78 is 77.4. The molecule has 0 heterocycles. The van der Waals surface area contributed by atoms with Crippen LogP contribution < -0.4 is 25.8 Å². The monoisotopic (exact) mass is 931 g/mol. The van der Waals surface area contributed by atoms with Crippen LogP contribution in [0.5, 0.6) is 17.2 Å². The molecular weight excluding hydrogens is 891 g/mol. The molecule has 18 nitrogen and oxygen atoms in total. The zero-order valence-electron chi connectivity index (χ0n) is 35.4. The number of hydrogen-bond donors (Lipinski definition) is 6. The quantitative estimate of drug-likeness (QED) is 0.0242. The van der Waals surface area contributed by atoms with Crippen molar-refractivity contribution in [3.05, 3.63) is 138 Å². The molecule has 0 saturated carbocycles. The first-order valence-electron chi connectivity index (χ1n) is 19.9. The molecule has 0 aliphatic heterocycles. The van der Waals surface area contributed by atoms with E-state index in [1.54, 1.807) is 105 Å². The number of aromatic hydroxyl groups is 1. The van der Waals surface area contributed by atoms with Gasteiger partial charge in [-0.25, -0.2) is 0 Å². The number of phenols is 1. The number of hydrogen-bond acceptors (Lipinski definition) is 14. The lowest BCUT2D eigenvalue weighted by Gasteiger charge is -2.15. The summed E-state index contributed by atoms with van der Waals surface area (Å²) in [5, 5.41) is 35.7. The molecular formula is C46H41N7O11S2. The van der Waals surface area contributed by atoms with E-state index in [0.29, 0.717) is 72.4 Å². The fraction of sp³-hybridized carbons (Fsp3) is 0.130. The first-order chi connectivity index (χ1) is 31.4. The molecule has 0 spiro atoms. The van der Waals surface area contributed by atoms with Crippen molar-refractivity contribution in [3.8, 4) is 17.2 Å². The highest BCUT2D eigenvalue weighted by molar-refractivity contribution is 7.86. The molecule has 338 valence electrons. The lowest BCUT2D eigenvalue weighted by atomic mass is 10.1. The lowest BCUT2D eigenvalue weighted by Crippen LogP contribution is -2.16. The molecule has 0 bridgehead atoms. The summed E-state index contributed by atoms with van der Waals surface area (Å²) in [5.41, 5.74) is 9.67. The van der Waals surface area contributed by atoms with Crippen LogP contribution in [0.2, 0.25) is 0 Å². The van der Waals surface area contributed by atoms with Gasteiger partial charge in [0.1, 0.15) is 27.8 Å². The van der Waals surface area contributed by atoms with Gasteiger partial charge in [-0.3, -0.25) is 18.7 Å². The van der Waals surface area contributed by atoms with Crippen molar-refractivity contribution in [1.82, 2.24) is 0 Å². The van der Waals surface area contributed by atoms with E-state index in [1.807, 2.05) is 0 Å². The summed E-state index contributed by atoms with van der Waals surface area (Å²) in [7, 11) is -7.57. The predicted molar refractivity (Wildman–Crippen MR) is 250 cm³/mol. The Hall–Kier alpha value is -7.78. The van der Waals surface area contributed by atoms with E-state index < -0.39 is 36.8 Å². The van der Waals surface area contributed by atoms with Gasteiger partial charge in [0.05, 0.1) is 36.5 Å². The van der Waals surface area contributed by atoms with E-state index in [-0.39, 0.29) is 47.4 Å². The van der Waals surface area contributed by atoms with E-state index in [1.165, 1.54) is 31.4 Å². The van der Waals surface area contributed by atoms with Gasteiger partial charge in [0.2, 0.25) is 0 Å². The zero-order valence-corrected chi connectivity index (χ0v) is 37.0. The fourth-order valence-electron chi connectivity index (χ4n) is 6.82. The van der Waals surface area contributed by atoms with Crippen molar-refractivity contribution < 1.29 is 50.1 Å². The normalized spacial score (nSPS) is 12.0. The summed E-state index contributed by atoms with van der Waals surface area (Å²) in [4.78, 5) is 25.7. The summed E-state index contributed by atoms with van der Waals surface area (Å²) in [6.45, 7) is 3.35. The summed E-state index contributed by atoms with van der Waals surface area (Å²) in [6.07, 6.45) is -0.0219. The number of carbonyl (C=O) groups excluding carboxylic acids is 2. The van der Waals surface area contributed by atoms with E-state index in [4.69, 9.17) is 19.8 Å². The van der Waals surface area contributed by atoms with Crippen LogP contribution in [-0.2, 0) is 20.2 Å². The van der Waals surface area contributed by atoms with Crippen LogP contribution in [0.3, 0.4) is 0 Å². The van der Waals surface area contributed by atoms with Crippen LogP contribution in [0, 0.1) is 13.8 Å². The van der Waals surface area contributed by atoms with Crippen molar-refractivity contribution in [3.63, 3.8) is 0 Å². The average Bonchev–Trinajstić information content (AvgIpc) is 3.26. The number of fused-ring (bicyclic) bond motifs is 2. The van der Waals surface area contributed by atoms with Crippen LogP contribution in [0.1, 0.15) is 38.3 Å². The van der Waals surface area contributed by atoms with Gasteiger partial charge in [-0.2, -0.15) is 27.1 Å². The van der Waals surface area contributed by atoms with Gasteiger partial charge in [0, 0.05) is 39.3 Å². The number of nitrogens with one attached hydrogen (secondary N) is 2. The molecule has 7 N–H and O–H groups in total. The van der Waals surface area contributed by atoms with Crippen LogP contribution in [-0.4, -0.2) is 62.3 Å². The Balaban J connectivity index is 1.05. The van der Waals surface area contributed by atoms with E-state index in [2.05, 4.69) is 31.1 Å². The largest absolute Gasteiger partial charge is 0.505 e. The maximum atomic E-state index is 13.6. The van der Waals surface area contributed by atoms with Crippen molar-refractivity contribution in [2.45, 2.75) is 25.2 Å². The molecule has 7 aromatic rings. The second-order valence-corrected chi connectivity index (χ2v) is 17.9. The second-order valence-electron chi connectivity index (χ2n) is 14.9.